The Balaban J connectivity index is 1.48. The van der Waals surface area contributed by atoms with Crippen molar-refractivity contribution in [1.82, 2.24) is 20.2 Å². The van der Waals surface area contributed by atoms with Gasteiger partial charge in [-0.15, -0.1) is 11.8 Å². The third kappa shape index (κ3) is 5.39. The number of thioether (sulfide) groups is 1. The molecule has 1 aliphatic rings. The third-order valence-electron chi connectivity index (χ3n) is 4.50. The number of nitrogens with one attached hydrogen (secondary N) is 1. The smallest absolute Gasteiger partial charge is 0.289 e. The number of ketones is 1. The molecule has 3 rings (SSSR count). The fraction of sp³-hybridized carbons (Fsp3) is 0.350. The summed E-state index contributed by atoms with van der Waals surface area (Å²) in [5.41, 5.74) is 0.848. The van der Waals surface area contributed by atoms with Crippen LogP contribution in [0.15, 0.2) is 53.8 Å². The fourth-order valence-corrected chi connectivity index (χ4v) is 3.86. The van der Waals surface area contributed by atoms with Crippen LogP contribution in [0.4, 0.5) is 0 Å². The summed E-state index contributed by atoms with van der Waals surface area (Å²) in [5, 5.41) is 2.65. The van der Waals surface area contributed by atoms with Crippen LogP contribution in [0.25, 0.3) is 0 Å². The lowest BCUT2D eigenvalue weighted by Gasteiger charge is -2.23. The van der Waals surface area contributed by atoms with Crippen LogP contribution in [0.1, 0.15) is 18.5 Å². The van der Waals surface area contributed by atoms with Gasteiger partial charge in [-0.05, 0) is 37.1 Å². The maximum absolute atomic E-state index is 12.6. The highest BCUT2D eigenvalue weighted by atomic mass is 32.2. The van der Waals surface area contributed by atoms with Crippen LogP contribution >= 0.6 is 11.8 Å². The summed E-state index contributed by atoms with van der Waals surface area (Å²) in [5.74, 6) is -1.07. The Bertz CT molecular complexity index is 817. The fourth-order valence-electron chi connectivity index (χ4n) is 3.09. The molecule has 146 valence electrons. The van der Waals surface area contributed by atoms with Gasteiger partial charge in [-0.2, -0.15) is 0 Å². The van der Waals surface area contributed by atoms with Crippen LogP contribution in [0.3, 0.4) is 0 Å². The molecule has 1 N–H and O–H groups in total. The van der Waals surface area contributed by atoms with Crippen molar-refractivity contribution < 1.29 is 14.4 Å². The number of carbonyl (C=O) groups is 3. The average Bonchev–Trinajstić information content (AvgIpc) is 3.23. The van der Waals surface area contributed by atoms with E-state index in [1.54, 1.807) is 18.6 Å². The maximum atomic E-state index is 12.6. The molecule has 2 aromatic heterocycles. The van der Waals surface area contributed by atoms with Crippen LogP contribution in [-0.4, -0.2) is 57.3 Å². The Hall–Kier alpha value is -2.74. The van der Waals surface area contributed by atoms with Gasteiger partial charge in [0, 0.05) is 48.7 Å². The zero-order chi connectivity index (χ0) is 19.8. The number of nitrogens with zero attached hydrogens (tertiary/aromatic N) is 3. The van der Waals surface area contributed by atoms with Gasteiger partial charge in [-0.25, -0.2) is 0 Å². The maximum Gasteiger partial charge on any atom is 0.289 e. The van der Waals surface area contributed by atoms with E-state index in [9.17, 15) is 14.4 Å². The zero-order valence-corrected chi connectivity index (χ0v) is 16.2. The van der Waals surface area contributed by atoms with Gasteiger partial charge in [0.2, 0.25) is 11.7 Å². The molecule has 1 atom stereocenters. The van der Waals surface area contributed by atoms with Crippen LogP contribution in [0, 0.1) is 0 Å². The van der Waals surface area contributed by atoms with Crippen LogP contribution in [0.5, 0.6) is 0 Å². The van der Waals surface area contributed by atoms with E-state index in [1.165, 1.54) is 16.7 Å². The average molecular weight is 398 g/mol. The SMILES string of the molecule is O=C(NCCc1ccccn1)C(=O)C1CCCN1C(=O)CSc1ccncc1. The molecular formula is C20H22N4O3S. The minimum absolute atomic E-state index is 0.126. The number of hydrogen-bond donors (Lipinski definition) is 1. The summed E-state index contributed by atoms with van der Waals surface area (Å²) in [6, 6.07) is 8.57. The normalized spacial score (nSPS) is 16.0. The first-order valence-corrected chi connectivity index (χ1v) is 10.2. The van der Waals surface area contributed by atoms with E-state index >= 15 is 0 Å². The van der Waals surface area contributed by atoms with Gasteiger partial charge in [-0.3, -0.25) is 24.4 Å². The second kappa shape index (κ2) is 9.98. The van der Waals surface area contributed by atoms with Gasteiger partial charge in [0.25, 0.3) is 5.91 Å². The van der Waals surface area contributed by atoms with Gasteiger partial charge >= 0.3 is 0 Å². The zero-order valence-electron chi connectivity index (χ0n) is 15.4. The summed E-state index contributed by atoms with van der Waals surface area (Å²) in [6.45, 7) is 0.841. The molecule has 0 aliphatic carbocycles. The summed E-state index contributed by atoms with van der Waals surface area (Å²) >= 11 is 1.40. The van der Waals surface area contributed by atoms with Crippen molar-refractivity contribution in [2.24, 2.45) is 0 Å². The molecule has 0 bridgehead atoms. The largest absolute Gasteiger partial charge is 0.349 e. The topological polar surface area (TPSA) is 92.3 Å². The molecule has 1 fully saturated rings. The van der Waals surface area contributed by atoms with Crippen molar-refractivity contribution in [3.63, 3.8) is 0 Å². The van der Waals surface area contributed by atoms with Crippen LogP contribution in [-0.2, 0) is 20.8 Å². The van der Waals surface area contributed by atoms with E-state index in [1.807, 2.05) is 30.3 Å². The van der Waals surface area contributed by atoms with Crippen molar-refractivity contribution in [3.05, 3.63) is 54.6 Å². The summed E-state index contributed by atoms with van der Waals surface area (Å²) in [4.78, 5) is 47.9. The predicted molar refractivity (Wildman–Crippen MR) is 106 cm³/mol. The molecule has 0 spiro atoms. The molecule has 8 heteroatoms. The Morgan fingerprint density at radius 1 is 1.14 bits per heavy atom. The Labute approximate surface area is 167 Å². The minimum Gasteiger partial charge on any atom is -0.349 e. The van der Waals surface area contributed by atoms with E-state index in [0.717, 1.165) is 17.0 Å². The number of amides is 2. The first-order valence-electron chi connectivity index (χ1n) is 9.19. The van der Waals surface area contributed by atoms with E-state index in [-0.39, 0.29) is 11.7 Å². The Kier molecular flexibility index (Phi) is 7.13. The summed E-state index contributed by atoms with van der Waals surface area (Å²) in [7, 11) is 0. The van der Waals surface area contributed by atoms with Crippen molar-refractivity contribution in [2.75, 3.05) is 18.8 Å². The number of carbonyl (C=O) groups excluding carboxylic acids is 3. The number of Topliss-reactive ketones (excluding diaryl/α,β-unsaturated/α-hetero) is 1. The molecule has 3 heterocycles. The standard InChI is InChI=1S/C20H22N4O3S/c25-18(14-28-16-7-10-21-11-8-16)24-13-3-5-17(24)19(26)20(27)23-12-6-15-4-1-2-9-22-15/h1-2,4,7-11,17H,3,5-6,12-14H2,(H,23,27). The van der Waals surface area contributed by atoms with Crippen molar-refractivity contribution in [2.45, 2.75) is 30.2 Å². The second-order valence-corrected chi connectivity index (χ2v) is 7.46. The number of pyridine rings is 2. The quantitative estimate of drug-likeness (QED) is 0.535. The molecule has 0 radical (unpaired) electrons. The molecule has 28 heavy (non-hydrogen) atoms. The number of likely N-dealkylation sites (tertiary alicyclic amines) is 1. The van der Waals surface area contributed by atoms with Gasteiger partial charge < -0.3 is 10.2 Å². The first kappa shape index (κ1) is 20.0. The second-order valence-electron chi connectivity index (χ2n) is 6.41. The summed E-state index contributed by atoms with van der Waals surface area (Å²) < 4.78 is 0. The highest BCUT2D eigenvalue weighted by Gasteiger charge is 2.36. The van der Waals surface area contributed by atoms with E-state index in [4.69, 9.17) is 0 Å². The van der Waals surface area contributed by atoms with E-state index in [2.05, 4.69) is 15.3 Å². The van der Waals surface area contributed by atoms with Crippen molar-refractivity contribution >= 4 is 29.4 Å². The molecule has 1 saturated heterocycles. The lowest BCUT2D eigenvalue weighted by molar-refractivity contribution is -0.143. The van der Waals surface area contributed by atoms with Crippen LogP contribution < -0.4 is 5.32 Å². The number of hydrogen-bond acceptors (Lipinski definition) is 6. The summed E-state index contributed by atoms with van der Waals surface area (Å²) in [6.07, 6.45) is 6.83. The molecule has 7 nitrogen and oxygen atoms in total. The van der Waals surface area contributed by atoms with Crippen LogP contribution in [0.2, 0.25) is 0 Å². The molecule has 0 aromatic carbocycles. The molecule has 0 saturated carbocycles. The third-order valence-corrected chi connectivity index (χ3v) is 5.50. The first-order chi connectivity index (χ1) is 13.6. The van der Waals surface area contributed by atoms with Gasteiger partial charge in [0.1, 0.15) is 6.04 Å². The molecule has 2 aromatic rings. The lowest BCUT2D eigenvalue weighted by atomic mass is 10.1. The van der Waals surface area contributed by atoms with Crippen molar-refractivity contribution in [1.29, 1.82) is 0 Å². The number of aromatic nitrogens is 2. The van der Waals surface area contributed by atoms with Crippen molar-refractivity contribution in [3.8, 4) is 0 Å². The Morgan fingerprint density at radius 2 is 1.96 bits per heavy atom. The van der Waals surface area contributed by atoms with Gasteiger partial charge in [0.05, 0.1) is 5.75 Å². The Morgan fingerprint density at radius 3 is 2.71 bits per heavy atom. The molecule has 1 unspecified atom stereocenters. The molecule has 2 amide bonds. The van der Waals surface area contributed by atoms with E-state index < -0.39 is 17.7 Å². The highest BCUT2D eigenvalue weighted by Crippen LogP contribution is 2.22. The van der Waals surface area contributed by atoms with Gasteiger partial charge in [-0.1, -0.05) is 6.07 Å². The number of rotatable bonds is 8. The lowest BCUT2D eigenvalue weighted by Crippen LogP contribution is -2.47. The molecular weight excluding hydrogens is 376 g/mol. The van der Waals surface area contributed by atoms with Gasteiger partial charge in [0.15, 0.2) is 0 Å². The predicted octanol–water partition coefficient (Wildman–Crippen LogP) is 1.49. The van der Waals surface area contributed by atoms with E-state index in [0.29, 0.717) is 25.9 Å². The monoisotopic (exact) mass is 398 g/mol. The minimum atomic E-state index is -0.666. The molecule has 1 aliphatic heterocycles. The highest BCUT2D eigenvalue weighted by molar-refractivity contribution is 8.00.